The second-order valence-electron chi connectivity index (χ2n) is 6.02. The summed E-state index contributed by atoms with van der Waals surface area (Å²) in [5, 5.41) is 3.52. The fourth-order valence-corrected chi connectivity index (χ4v) is 5.26. The van der Waals surface area contributed by atoms with E-state index in [4.69, 9.17) is 0 Å². The molecule has 0 fully saturated rings. The summed E-state index contributed by atoms with van der Waals surface area (Å²) in [5.74, 6) is -0.00889. The van der Waals surface area contributed by atoms with E-state index in [2.05, 4.69) is 5.32 Å². The van der Waals surface area contributed by atoms with E-state index in [0.29, 0.717) is 10.6 Å². The van der Waals surface area contributed by atoms with Crippen molar-refractivity contribution >= 4 is 15.5 Å². The second-order valence-corrected chi connectivity index (χ2v) is 7.98. The topological polar surface area (TPSA) is 46.2 Å². The summed E-state index contributed by atoms with van der Waals surface area (Å²) in [5.41, 5.74) is 1.73. The summed E-state index contributed by atoms with van der Waals surface area (Å²) in [6.07, 6.45) is 0. The Labute approximate surface area is 141 Å². The fraction of sp³-hybridized carbons (Fsp3) is 0.100. The van der Waals surface area contributed by atoms with Crippen LogP contribution >= 0.6 is 0 Å². The summed E-state index contributed by atoms with van der Waals surface area (Å²) < 4.78 is 26.0. The zero-order valence-corrected chi connectivity index (χ0v) is 13.8. The normalized spacial score (nSPS) is 17.5. The van der Waals surface area contributed by atoms with Crippen LogP contribution in [0.5, 0.6) is 0 Å². The first-order valence-corrected chi connectivity index (χ1v) is 9.48. The van der Waals surface area contributed by atoms with Crippen LogP contribution in [-0.4, -0.2) is 14.2 Å². The first kappa shape index (κ1) is 15.0. The number of hydrogen-bond donors (Lipinski definition) is 1. The van der Waals surface area contributed by atoms with Gasteiger partial charge in [0, 0.05) is 0 Å². The van der Waals surface area contributed by atoms with Crippen molar-refractivity contribution in [2.45, 2.75) is 10.4 Å². The molecule has 1 heterocycles. The van der Waals surface area contributed by atoms with Gasteiger partial charge in [0.25, 0.3) is 0 Å². The molecule has 0 aliphatic carbocycles. The summed E-state index contributed by atoms with van der Waals surface area (Å²) in [4.78, 5) is 0.368. The van der Waals surface area contributed by atoms with Crippen LogP contribution < -0.4 is 5.32 Å². The highest BCUT2D eigenvalue weighted by molar-refractivity contribution is 7.91. The van der Waals surface area contributed by atoms with Crippen molar-refractivity contribution in [2.24, 2.45) is 0 Å². The molecule has 0 saturated carbocycles. The van der Waals surface area contributed by atoms with Crippen LogP contribution in [0, 0.1) is 0 Å². The molecule has 24 heavy (non-hydrogen) atoms. The van der Waals surface area contributed by atoms with Crippen LogP contribution in [0.4, 0.5) is 5.69 Å². The number of para-hydroxylation sites is 1. The Morgan fingerprint density at radius 3 is 1.79 bits per heavy atom. The molecular formula is C20H17NO2S. The van der Waals surface area contributed by atoms with Gasteiger partial charge >= 0.3 is 0 Å². The Morgan fingerprint density at radius 2 is 1.21 bits per heavy atom. The minimum absolute atomic E-state index is 0.00889. The van der Waals surface area contributed by atoms with Crippen LogP contribution in [-0.2, 0) is 15.4 Å². The lowest BCUT2D eigenvalue weighted by Gasteiger charge is -2.40. The molecule has 1 aliphatic heterocycles. The molecule has 0 radical (unpaired) electrons. The highest BCUT2D eigenvalue weighted by Crippen LogP contribution is 2.42. The van der Waals surface area contributed by atoms with Crippen LogP contribution in [0.25, 0.3) is 0 Å². The smallest absolute Gasteiger partial charge is 0.183 e. The predicted octanol–water partition coefficient (Wildman–Crippen LogP) is 3.83. The maximum Gasteiger partial charge on any atom is 0.183 e. The maximum atomic E-state index is 13.0. The van der Waals surface area contributed by atoms with E-state index in [-0.39, 0.29) is 5.75 Å². The van der Waals surface area contributed by atoms with E-state index in [1.165, 1.54) is 0 Å². The number of benzene rings is 3. The Hall–Kier alpha value is -2.59. The molecule has 120 valence electrons. The van der Waals surface area contributed by atoms with Gasteiger partial charge in [-0.05, 0) is 23.3 Å². The lowest BCUT2D eigenvalue weighted by atomic mass is 9.84. The van der Waals surface area contributed by atoms with Crippen LogP contribution in [0.15, 0.2) is 89.8 Å². The molecule has 3 aromatic rings. The Balaban J connectivity index is 2.00. The lowest BCUT2D eigenvalue weighted by Crippen LogP contribution is -2.46. The number of anilines is 1. The van der Waals surface area contributed by atoms with E-state index in [0.717, 1.165) is 11.1 Å². The zero-order valence-electron chi connectivity index (χ0n) is 13.0. The zero-order chi connectivity index (χ0) is 16.6. The molecule has 3 aromatic carbocycles. The summed E-state index contributed by atoms with van der Waals surface area (Å²) in [6.45, 7) is 0. The van der Waals surface area contributed by atoms with E-state index >= 15 is 0 Å². The van der Waals surface area contributed by atoms with Crippen molar-refractivity contribution in [1.29, 1.82) is 0 Å². The molecule has 0 spiro atoms. The number of fused-ring (bicyclic) bond motifs is 1. The van der Waals surface area contributed by atoms with Gasteiger partial charge in [0.1, 0.15) is 5.54 Å². The molecule has 0 unspecified atom stereocenters. The monoisotopic (exact) mass is 335 g/mol. The van der Waals surface area contributed by atoms with E-state index in [1.54, 1.807) is 12.1 Å². The van der Waals surface area contributed by atoms with E-state index < -0.39 is 15.4 Å². The predicted molar refractivity (Wildman–Crippen MR) is 95.8 cm³/mol. The number of hydrogen-bond acceptors (Lipinski definition) is 3. The average Bonchev–Trinajstić information content (AvgIpc) is 2.62. The fourth-order valence-electron chi connectivity index (χ4n) is 3.39. The third-order valence-corrected chi connectivity index (χ3v) is 6.35. The maximum absolute atomic E-state index is 13.0. The van der Waals surface area contributed by atoms with Gasteiger partial charge in [-0.2, -0.15) is 0 Å². The van der Waals surface area contributed by atoms with Crippen LogP contribution in [0.3, 0.4) is 0 Å². The summed E-state index contributed by atoms with van der Waals surface area (Å²) in [7, 11) is -3.41. The van der Waals surface area contributed by atoms with E-state index in [1.807, 2.05) is 72.8 Å². The van der Waals surface area contributed by atoms with Gasteiger partial charge in [0.15, 0.2) is 9.84 Å². The van der Waals surface area contributed by atoms with E-state index in [9.17, 15) is 8.42 Å². The van der Waals surface area contributed by atoms with Crippen molar-refractivity contribution in [3.8, 4) is 0 Å². The van der Waals surface area contributed by atoms with Crippen molar-refractivity contribution in [2.75, 3.05) is 11.1 Å². The largest absolute Gasteiger partial charge is 0.370 e. The SMILES string of the molecule is O=S1(=O)CC(c2ccccc2)(c2ccccc2)Nc2ccccc21. The molecule has 3 nitrogen and oxygen atoms in total. The van der Waals surface area contributed by atoms with Crippen LogP contribution in [0.2, 0.25) is 0 Å². The minimum Gasteiger partial charge on any atom is -0.370 e. The van der Waals surface area contributed by atoms with Gasteiger partial charge in [-0.25, -0.2) is 8.42 Å². The van der Waals surface area contributed by atoms with Gasteiger partial charge in [0.05, 0.1) is 16.3 Å². The molecule has 0 aromatic heterocycles. The summed E-state index contributed by atoms with van der Waals surface area (Å²) in [6, 6.07) is 26.6. The Kier molecular flexibility index (Phi) is 3.43. The Bertz CT molecular complexity index is 927. The van der Waals surface area contributed by atoms with Crippen LogP contribution in [0.1, 0.15) is 11.1 Å². The van der Waals surface area contributed by atoms with Crippen molar-refractivity contribution in [1.82, 2.24) is 0 Å². The van der Waals surface area contributed by atoms with Gasteiger partial charge in [-0.3, -0.25) is 0 Å². The molecule has 4 heteroatoms. The van der Waals surface area contributed by atoms with Gasteiger partial charge in [-0.1, -0.05) is 72.8 Å². The third-order valence-electron chi connectivity index (χ3n) is 4.51. The quantitative estimate of drug-likeness (QED) is 0.774. The third kappa shape index (κ3) is 2.31. The lowest BCUT2D eigenvalue weighted by molar-refractivity contribution is 0.562. The molecule has 0 bridgehead atoms. The van der Waals surface area contributed by atoms with Gasteiger partial charge < -0.3 is 5.32 Å². The first-order valence-electron chi connectivity index (χ1n) is 7.83. The Morgan fingerprint density at radius 1 is 0.708 bits per heavy atom. The summed E-state index contributed by atoms with van der Waals surface area (Å²) >= 11 is 0. The second kappa shape index (κ2) is 5.49. The number of rotatable bonds is 2. The molecule has 1 N–H and O–H groups in total. The highest BCUT2D eigenvalue weighted by atomic mass is 32.2. The molecule has 0 amide bonds. The molecular weight excluding hydrogens is 318 g/mol. The standard InChI is InChI=1S/C20H17NO2S/c22-24(23)15-20(16-9-3-1-4-10-16,17-11-5-2-6-12-17)21-18-13-7-8-14-19(18)24/h1-14,21H,15H2. The van der Waals surface area contributed by atoms with Gasteiger partial charge in [0.2, 0.25) is 0 Å². The van der Waals surface area contributed by atoms with Crippen molar-refractivity contribution in [3.63, 3.8) is 0 Å². The van der Waals surface area contributed by atoms with Crippen molar-refractivity contribution < 1.29 is 8.42 Å². The van der Waals surface area contributed by atoms with Crippen molar-refractivity contribution in [3.05, 3.63) is 96.1 Å². The highest BCUT2D eigenvalue weighted by Gasteiger charge is 2.44. The molecule has 0 saturated heterocycles. The number of nitrogens with one attached hydrogen (secondary N) is 1. The average molecular weight is 335 g/mol. The number of sulfone groups is 1. The van der Waals surface area contributed by atoms with Gasteiger partial charge in [-0.15, -0.1) is 0 Å². The molecule has 0 atom stereocenters. The molecule has 4 rings (SSSR count). The first-order chi connectivity index (χ1) is 11.6. The minimum atomic E-state index is -3.41. The molecule has 1 aliphatic rings.